The van der Waals surface area contributed by atoms with E-state index in [9.17, 15) is 0 Å². The fourth-order valence-electron chi connectivity index (χ4n) is 4.25. The van der Waals surface area contributed by atoms with Gasteiger partial charge in [0.05, 0.1) is 5.52 Å². The Labute approximate surface area is 141 Å². The highest BCUT2D eigenvalue weighted by molar-refractivity contribution is 6.07. The second-order valence-electron chi connectivity index (χ2n) is 7.02. The standard InChI is InChI=1S/C21H22N2O/c1-2-4-20-18(3-1)19-6-5-17(13-21(19)22-20)24-12-9-16-14-23-10-7-15(16)8-11-23/h1-6,9,13,15,22H,7-8,10-12,14H2. The Morgan fingerprint density at radius 1 is 1.04 bits per heavy atom. The molecule has 0 radical (unpaired) electrons. The van der Waals surface area contributed by atoms with Crippen molar-refractivity contribution in [2.24, 2.45) is 5.92 Å². The first kappa shape index (κ1) is 14.1. The van der Waals surface area contributed by atoms with Crippen LogP contribution >= 0.6 is 0 Å². The van der Waals surface area contributed by atoms with Crippen LogP contribution in [-0.4, -0.2) is 36.1 Å². The maximum Gasteiger partial charge on any atom is 0.121 e. The summed E-state index contributed by atoms with van der Waals surface area (Å²) in [5, 5.41) is 2.53. The molecule has 3 heteroatoms. The molecule has 24 heavy (non-hydrogen) atoms. The van der Waals surface area contributed by atoms with E-state index in [4.69, 9.17) is 4.74 Å². The van der Waals surface area contributed by atoms with Gasteiger partial charge in [0.2, 0.25) is 0 Å². The second kappa shape index (κ2) is 5.67. The molecule has 1 aromatic heterocycles. The van der Waals surface area contributed by atoms with Gasteiger partial charge in [-0.25, -0.2) is 0 Å². The molecule has 2 bridgehead atoms. The van der Waals surface area contributed by atoms with Crippen LogP contribution < -0.4 is 4.74 Å². The Bertz CT molecular complexity index is 916. The Balaban J connectivity index is 1.35. The third-order valence-corrected chi connectivity index (χ3v) is 5.59. The molecule has 122 valence electrons. The summed E-state index contributed by atoms with van der Waals surface area (Å²) in [6, 6.07) is 14.8. The van der Waals surface area contributed by atoms with Gasteiger partial charge in [-0.2, -0.15) is 0 Å². The minimum atomic E-state index is 0.672. The largest absolute Gasteiger partial charge is 0.489 e. The summed E-state index contributed by atoms with van der Waals surface area (Å²) in [5.41, 5.74) is 3.91. The van der Waals surface area contributed by atoms with Crippen molar-refractivity contribution in [3.05, 3.63) is 54.1 Å². The van der Waals surface area contributed by atoms with Crippen molar-refractivity contribution in [1.82, 2.24) is 9.88 Å². The number of fused-ring (bicyclic) bond motifs is 6. The molecule has 2 aromatic carbocycles. The smallest absolute Gasteiger partial charge is 0.121 e. The number of aromatic amines is 1. The monoisotopic (exact) mass is 318 g/mol. The van der Waals surface area contributed by atoms with Crippen molar-refractivity contribution < 1.29 is 4.74 Å². The molecule has 0 aliphatic carbocycles. The van der Waals surface area contributed by atoms with Crippen molar-refractivity contribution in [2.75, 3.05) is 26.2 Å². The number of para-hydroxylation sites is 1. The first-order valence-corrected chi connectivity index (χ1v) is 8.91. The average molecular weight is 318 g/mol. The zero-order chi connectivity index (χ0) is 15.9. The molecular formula is C21H22N2O. The van der Waals surface area contributed by atoms with Gasteiger partial charge in [0.1, 0.15) is 12.4 Å². The van der Waals surface area contributed by atoms with Gasteiger partial charge in [0.15, 0.2) is 0 Å². The maximum absolute atomic E-state index is 6.01. The summed E-state index contributed by atoms with van der Waals surface area (Å²) in [6.45, 7) is 4.38. The van der Waals surface area contributed by atoms with Crippen LogP contribution in [0.25, 0.3) is 21.8 Å². The van der Waals surface area contributed by atoms with Gasteiger partial charge in [-0.3, -0.25) is 4.90 Å². The van der Waals surface area contributed by atoms with E-state index in [1.165, 1.54) is 42.2 Å². The number of aromatic nitrogens is 1. The number of nitrogens with one attached hydrogen (secondary N) is 1. The molecule has 6 rings (SSSR count). The van der Waals surface area contributed by atoms with Crippen LogP contribution in [0, 0.1) is 5.92 Å². The number of ether oxygens (including phenoxy) is 1. The molecule has 3 aliphatic rings. The number of hydrogen-bond donors (Lipinski definition) is 1. The number of nitrogens with zero attached hydrogens (tertiary/aromatic N) is 1. The highest BCUT2D eigenvalue weighted by atomic mass is 16.5. The lowest BCUT2D eigenvalue weighted by Crippen LogP contribution is -2.43. The molecule has 3 fully saturated rings. The van der Waals surface area contributed by atoms with Crippen LogP contribution in [0.3, 0.4) is 0 Å². The molecule has 0 amide bonds. The van der Waals surface area contributed by atoms with Crippen LogP contribution in [0.4, 0.5) is 0 Å². The van der Waals surface area contributed by atoms with Crippen LogP contribution in [0.5, 0.6) is 5.75 Å². The Kier molecular flexibility index (Phi) is 3.34. The van der Waals surface area contributed by atoms with Crippen molar-refractivity contribution in [2.45, 2.75) is 12.8 Å². The van der Waals surface area contributed by atoms with Gasteiger partial charge in [-0.05, 0) is 56.1 Å². The molecule has 3 nitrogen and oxygen atoms in total. The first-order chi connectivity index (χ1) is 11.9. The highest BCUT2D eigenvalue weighted by Crippen LogP contribution is 2.32. The molecule has 3 saturated heterocycles. The van der Waals surface area contributed by atoms with Crippen LogP contribution in [0.15, 0.2) is 54.1 Å². The first-order valence-electron chi connectivity index (χ1n) is 8.91. The SMILES string of the molecule is C(COc1ccc2c(c1)[nH]c1ccccc12)=C1CN2CCC1CC2. The van der Waals surface area contributed by atoms with Crippen molar-refractivity contribution >= 4 is 21.8 Å². The molecule has 3 aliphatic heterocycles. The predicted octanol–water partition coefficient (Wildman–Crippen LogP) is 4.35. The molecule has 0 atom stereocenters. The van der Waals surface area contributed by atoms with Gasteiger partial charge in [0, 0.05) is 28.9 Å². The zero-order valence-electron chi connectivity index (χ0n) is 13.8. The number of hydrogen-bond acceptors (Lipinski definition) is 2. The number of rotatable bonds is 3. The van der Waals surface area contributed by atoms with Crippen LogP contribution in [0.1, 0.15) is 12.8 Å². The topological polar surface area (TPSA) is 28.3 Å². The summed E-state index contributed by atoms with van der Waals surface area (Å²) < 4.78 is 6.01. The summed E-state index contributed by atoms with van der Waals surface area (Å²) in [7, 11) is 0. The Morgan fingerprint density at radius 3 is 2.71 bits per heavy atom. The quantitative estimate of drug-likeness (QED) is 0.727. The van der Waals surface area contributed by atoms with E-state index in [0.717, 1.165) is 23.7 Å². The van der Waals surface area contributed by atoms with Gasteiger partial charge in [0.25, 0.3) is 0 Å². The molecule has 4 heterocycles. The summed E-state index contributed by atoms with van der Waals surface area (Å²) in [6.07, 6.45) is 4.96. The van der Waals surface area contributed by atoms with E-state index in [1.807, 2.05) is 0 Å². The van der Waals surface area contributed by atoms with E-state index >= 15 is 0 Å². The molecule has 0 saturated carbocycles. The van der Waals surface area contributed by atoms with Gasteiger partial charge < -0.3 is 9.72 Å². The molecule has 0 unspecified atom stereocenters. The van der Waals surface area contributed by atoms with Gasteiger partial charge in [-0.1, -0.05) is 23.8 Å². The van der Waals surface area contributed by atoms with E-state index in [1.54, 1.807) is 5.57 Å². The van der Waals surface area contributed by atoms with Crippen molar-refractivity contribution in [1.29, 1.82) is 0 Å². The fourth-order valence-corrected chi connectivity index (χ4v) is 4.25. The third kappa shape index (κ3) is 2.40. The maximum atomic E-state index is 6.01. The lowest BCUT2D eigenvalue weighted by atomic mass is 9.84. The van der Waals surface area contributed by atoms with Crippen molar-refractivity contribution in [3.8, 4) is 5.75 Å². The highest BCUT2D eigenvalue weighted by Gasteiger charge is 2.28. The number of benzene rings is 2. The van der Waals surface area contributed by atoms with Crippen LogP contribution in [-0.2, 0) is 0 Å². The molecule has 0 spiro atoms. The van der Waals surface area contributed by atoms with E-state index in [0.29, 0.717) is 6.61 Å². The zero-order valence-corrected chi connectivity index (χ0v) is 13.8. The van der Waals surface area contributed by atoms with Gasteiger partial charge in [-0.15, -0.1) is 0 Å². The van der Waals surface area contributed by atoms with E-state index < -0.39 is 0 Å². The summed E-state index contributed by atoms with van der Waals surface area (Å²) in [4.78, 5) is 6.04. The minimum absolute atomic E-state index is 0.672. The normalized spacial score (nSPS) is 24.9. The van der Waals surface area contributed by atoms with Gasteiger partial charge >= 0.3 is 0 Å². The van der Waals surface area contributed by atoms with E-state index in [2.05, 4.69) is 58.4 Å². The Morgan fingerprint density at radius 2 is 1.88 bits per heavy atom. The lowest BCUT2D eigenvalue weighted by molar-refractivity contribution is 0.160. The van der Waals surface area contributed by atoms with E-state index in [-0.39, 0.29) is 0 Å². The lowest BCUT2D eigenvalue weighted by Gasteiger charge is -2.41. The summed E-state index contributed by atoms with van der Waals surface area (Å²) in [5.74, 6) is 1.74. The van der Waals surface area contributed by atoms with Crippen LogP contribution in [0.2, 0.25) is 0 Å². The third-order valence-electron chi connectivity index (χ3n) is 5.59. The molecule has 1 N–H and O–H groups in total. The summed E-state index contributed by atoms with van der Waals surface area (Å²) >= 11 is 0. The predicted molar refractivity (Wildman–Crippen MR) is 98.5 cm³/mol. The average Bonchev–Trinajstić information content (AvgIpc) is 3.00. The Hall–Kier alpha value is -2.26. The van der Waals surface area contributed by atoms with Crippen molar-refractivity contribution in [3.63, 3.8) is 0 Å². The molecule has 3 aromatic rings. The fraction of sp³-hybridized carbons (Fsp3) is 0.333. The minimum Gasteiger partial charge on any atom is -0.489 e. The number of piperidine rings is 3. The second-order valence-corrected chi connectivity index (χ2v) is 7.02. The number of H-pyrrole nitrogens is 1. The molecular weight excluding hydrogens is 296 g/mol.